The standard InChI is InChI=1S/C18H18O5/c1-21-17(19)16(22-12-14-8-4-2-5-9-14)18(20)23-13-15-10-6-3-7-11-15/h2-11,16H,12-13H2,1H3. The number of esters is 2. The lowest BCUT2D eigenvalue weighted by Crippen LogP contribution is -2.35. The molecule has 0 aliphatic heterocycles. The molecule has 0 heterocycles. The quantitative estimate of drug-likeness (QED) is 0.580. The second-order valence-electron chi connectivity index (χ2n) is 4.79. The van der Waals surface area contributed by atoms with Crippen molar-refractivity contribution in [3.8, 4) is 0 Å². The molecule has 0 aliphatic rings. The maximum absolute atomic E-state index is 12.1. The highest BCUT2D eigenvalue weighted by Crippen LogP contribution is 2.08. The third kappa shape index (κ3) is 5.23. The summed E-state index contributed by atoms with van der Waals surface area (Å²) in [5.41, 5.74) is 1.67. The molecule has 0 spiro atoms. The van der Waals surface area contributed by atoms with E-state index in [1.807, 2.05) is 60.7 Å². The Kier molecular flexibility index (Phi) is 6.32. The first-order valence-corrected chi connectivity index (χ1v) is 7.14. The Balaban J connectivity index is 1.94. The Morgan fingerprint density at radius 2 is 1.35 bits per heavy atom. The normalized spacial score (nSPS) is 11.5. The molecule has 0 aromatic heterocycles. The molecule has 0 saturated carbocycles. The lowest BCUT2D eigenvalue weighted by molar-refractivity contribution is -0.173. The number of hydrogen-bond donors (Lipinski definition) is 0. The summed E-state index contributed by atoms with van der Waals surface area (Å²) in [5.74, 6) is -1.55. The van der Waals surface area contributed by atoms with Crippen molar-refractivity contribution in [2.24, 2.45) is 0 Å². The van der Waals surface area contributed by atoms with Crippen LogP contribution in [0.25, 0.3) is 0 Å². The van der Waals surface area contributed by atoms with Crippen LogP contribution in [0.15, 0.2) is 60.7 Å². The summed E-state index contributed by atoms with van der Waals surface area (Å²) in [5, 5.41) is 0. The highest BCUT2D eigenvalue weighted by molar-refractivity contribution is 5.97. The van der Waals surface area contributed by atoms with Gasteiger partial charge in [-0.2, -0.15) is 0 Å². The Morgan fingerprint density at radius 1 is 0.826 bits per heavy atom. The van der Waals surface area contributed by atoms with Gasteiger partial charge in [0.25, 0.3) is 6.10 Å². The van der Waals surface area contributed by atoms with Gasteiger partial charge in [0.2, 0.25) is 0 Å². The first-order valence-electron chi connectivity index (χ1n) is 7.14. The summed E-state index contributed by atoms with van der Waals surface area (Å²) in [6, 6.07) is 18.4. The monoisotopic (exact) mass is 314 g/mol. The second-order valence-corrected chi connectivity index (χ2v) is 4.79. The summed E-state index contributed by atoms with van der Waals surface area (Å²) >= 11 is 0. The van der Waals surface area contributed by atoms with Crippen LogP contribution in [-0.4, -0.2) is 25.2 Å². The van der Waals surface area contributed by atoms with Crippen molar-refractivity contribution < 1.29 is 23.8 Å². The van der Waals surface area contributed by atoms with Crippen LogP contribution in [0, 0.1) is 0 Å². The van der Waals surface area contributed by atoms with E-state index in [1.54, 1.807) is 0 Å². The topological polar surface area (TPSA) is 61.8 Å². The van der Waals surface area contributed by atoms with Crippen LogP contribution in [0.2, 0.25) is 0 Å². The summed E-state index contributed by atoms with van der Waals surface area (Å²) in [7, 11) is 1.20. The molecule has 0 aliphatic carbocycles. The molecule has 1 atom stereocenters. The zero-order valence-corrected chi connectivity index (χ0v) is 12.8. The van der Waals surface area contributed by atoms with E-state index in [2.05, 4.69) is 4.74 Å². The van der Waals surface area contributed by atoms with Gasteiger partial charge in [0.05, 0.1) is 13.7 Å². The molecular formula is C18H18O5. The average molecular weight is 314 g/mol. The fraction of sp³-hybridized carbons (Fsp3) is 0.222. The molecule has 0 saturated heterocycles. The number of methoxy groups -OCH3 is 1. The number of hydrogen-bond acceptors (Lipinski definition) is 5. The fourth-order valence-corrected chi connectivity index (χ4v) is 1.90. The van der Waals surface area contributed by atoms with Crippen LogP contribution in [0.4, 0.5) is 0 Å². The predicted octanol–water partition coefficient (Wildman–Crippen LogP) is 2.49. The molecule has 2 aromatic carbocycles. The average Bonchev–Trinajstić information content (AvgIpc) is 2.61. The first kappa shape index (κ1) is 16.7. The molecule has 2 rings (SSSR count). The lowest BCUT2D eigenvalue weighted by Gasteiger charge is -2.15. The molecule has 120 valence electrons. The van der Waals surface area contributed by atoms with Crippen molar-refractivity contribution in [1.29, 1.82) is 0 Å². The fourth-order valence-electron chi connectivity index (χ4n) is 1.90. The molecular weight excluding hydrogens is 296 g/mol. The highest BCUT2D eigenvalue weighted by atomic mass is 16.6. The van der Waals surface area contributed by atoms with Crippen molar-refractivity contribution in [2.75, 3.05) is 7.11 Å². The van der Waals surface area contributed by atoms with Gasteiger partial charge in [0.15, 0.2) is 0 Å². The van der Waals surface area contributed by atoms with Gasteiger partial charge in [0, 0.05) is 0 Å². The summed E-state index contributed by atoms with van der Waals surface area (Å²) in [6.07, 6.45) is -1.40. The maximum Gasteiger partial charge on any atom is 0.347 e. The number of ether oxygens (including phenoxy) is 3. The van der Waals surface area contributed by atoms with Gasteiger partial charge in [0.1, 0.15) is 6.61 Å². The van der Waals surface area contributed by atoms with E-state index in [4.69, 9.17) is 9.47 Å². The van der Waals surface area contributed by atoms with E-state index in [0.717, 1.165) is 11.1 Å². The van der Waals surface area contributed by atoms with Crippen LogP contribution >= 0.6 is 0 Å². The molecule has 0 N–H and O–H groups in total. The Bertz CT molecular complexity index is 624. The van der Waals surface area contributed by atoms with Crippen molar-refractivity contribution >= 4 is 11.9 Å². The van der Waals surface area contributed by atoms with E-state index in [9.17, 15) is 9.59 Å². The van der Waals surface area contributed by atoms with Gasteiger partial charge in [-0.05, 0) is 11.1 Å². The van der Waals surface area contributed by atoms with Crippen molar-refractivity contribution in [3.05, 3.63) is 71.8 Å². The Morgan fingerprint density at radius 3 is 1.87 bits per heavy atom. The molecule has 0 amide bonds. The van der Waals surface area contributed by atoms with E-state index < -0.39 is 18.0 Å². The minimum atomic E-state index is -1.40. The van der Waals surface area contributed by atoms with Crippen LogP contribution in [0.3, 0.4) is 0 Å². The highest BCUT2D eigenvalue weighted by Gasteiger charge is 2.30. The summed E-state index contributed by atoms with van der Waals surface area (Å²) < 4.78 is 15.1. The second kappa shape index (κ2) is 8.70. The molecule has 5 heteroatoms. The smallest absolute Gasteiger partial charge is 0.347 e. The zero-order valence-electron chi connectivity index (χ0n) is 12.8. The first-order chi connectivity index (χ1) is 11.2. The van der Waals surface area contributed by atoms with E-state index in [-0.39, 0.29) is 13.2 Å². The Labute approximate surface area is 134 Å². The number of benzene rings is 2. The van der Waals surface area contributed by atoms with E-state index in [0.29, 0.717) is 0 Å². The van der Waals surface area contributed by atoms with Gasteiger partial charge in [-0.3, -0.25) is 0 Å². The summed E-state index contributed by atoms with van der Waals surface area (Å²) in [4.78, 5) is 23.8. The minimum Gasteiger partial charge on any atom is -0.467 e. The summed E-state index contributed by atoms with van der Waals surface area (Å²) in [6.45, 7) is 0.183. The van der Waals surface area contributed by atoms with Crippen LogP contribution in [0.1, 0.15) is 11.1 Å². The van der Waals surface area contributed by atoms with Gasteiger partial charge in [-0.15, -0.1) is 0 Å². The SMILES string of the molecule is COC(=O)C(OCc1ccccc1)C(=O)OCc1ccccc1. The molecule has 23 heavy (non-hydrogen) atoms. The molecule has 2 aromatic rings. The van der Waals surface area contributed by atoms with Crippen molar-refractivity contribution in [2.45, 2.75) is 19.3 Å². The molecule has 5 nitrogen and oxygen atoms in total. The predicted molar refractivity (Wildman–Crippen MR) is 83.3 cm³/mol. The van der Waals surface area contributed by atoms with Crippen LogP contribution in [0.5, 0.6) is 0 Å². The maximum atomic E-state index is 12.1. The van der Waals surface area contributed by atoms with Gasteiger partial charge in [-0.1, -0.05) is 60.7 Å². The van der Waals surface area contributed by atoms with E-state index >= 15 is 0 Å². The molecule has 1 unspecified atom stereocenters. The number of rotatable bonds is 7. The van der Waals surface area contributed by atoms with Crippen molar-refractivity contribution in [3.63, 3.8) is 0 Å². The molecule has 0 fully saturated rings. The van der Waals surface area contributed by atoms with Gasteiger partial charge < -0.3 is 14.2 Å². The Hall–Kier alpha value is -2.66. The van der Waals surface area contributed by atoms with Crippen LogP contribution < -0.4 is 0 Å². The van der Waals surface area contributed by atoms with Crippen LogP contribution in [-0.2, 0) is 37.0 Å². The third-order valence-electron chi connectivity index (χ3n) is 3.11. The lowest BCUT2D eigenvalue weighted by atomic mass is 10.2. The van der Waals surface area contributed by atoms with Crippen molar-refractivity contribution in [1.82, 2.24) is 0 Å². The number of carbonyl (C=O) groups is 2. The third-order valence-corrected chi connectivity index (χ3v) is 3.11. The van der Waals surface area contributed by atoms with Gasteiger partial charge in [-0.25, -0.2) is 9.59 Å². The zero-order chi connectivity index (χ0) is 16.5. The van der Waals surface area contributed by atoms with Gasteiger partial charge >= 0.3 is 11.9 Å². The minimum absolute atomic E-state index is 0.0713. The molecule has 0 radical (unpaired) electrons. The largest absolute Gasteiger partial charge is 0.467 e. The number of carbonyl (C=O) groups excluding carboxylic acids is 2. The molecule has 0 bridgehead atoms. The van der Waals surface area contributed by atoms with E-state index in [1.165, 1.54) is 7.11 Å².